The molecule has 0 bridgehead atoms. The van der Waals surface area contributed by atoms with E-state index in [9.17, 15) is 13.2 Å². The number of hydrogen-bond acceptors (Lipinski definition) is 3. The molecule has 0 saturated heterocycles. The summed E-state index contributed by atoms with van der Waals surface area (Å²) in [6.45, 7) is 1.75. The Kier molecular flexibility index (Phi) is 5.36. The van der Waals surface area contributed by atoms with Crippen molar-refractivity contribution >= 4 is 23.4 Å². The summed E-state index contributed by atoms with van der Waals surface area (Å²) in [7, 11) is -2.74. The van der Waals surface area contributed by atoms with Crippen molar-refractivity contribution in [1.82, 2.24) is 0 Å². The Morgan fingerprint density at radius 2 is 1.14 bits per heavy atom. The molecule has 0 atom stereocenters. The van der Waals surface area contributed by atoms with Crippen LogP contribution in [0, 0.1) is 40.1 Å². The maximum Gasteiger partial charge on any atom is 0.188 e. The van der Waals surface area contributed by atoms with Crippen LogP contribution < -0.4 is 10.6 Å². The third-order valence-corrected chi connectivity index (χ3v) is 7.55. The van der Waals surface area contributed by atoms with Gasteiger partial charge in [-0.25, -0.2) is 13.2 Å². The van der Waals surface area contributed by atoms with Crippen molar-refractivity contribution in [3.05, 3.63) is 89.2 Å². The highest BCUT2D eigenvalue weighted by Crippen LogP contribution is 2.48. The topological polar surface area (TPSA) is 59.9 Å². The van der Waals surface area contributed by atoms with E-state index in [0.29, 0.717) is 0 Å². The fraction of sp³-hybridized carbons (Fsp3) is 0.0476. The van der Waals surface area contributed by atoms with Gasteiger partial charge in [0.05, 0.1) is 0 Å². The predicted molar refractivity (Wildman–Crippen MR) is 103 cm³/mol. The number of rotatable bonds is 3. The monoisotopic (exact) mass is 395 g/mol. The van der Waals surface area contributed by atoms with E-state index in [-0.39, 0.29) is 0 Å². The van der Waals surface area contributed by atoms with Gasteiger partial charge in [0.1, 0.15) is 29.0 Å². The molecule has 7 heteroatoms. The molecule has 138 valence electrons. The smallest absolute Gasteiger partial charge is 0.188 e. The number of benzene rings is 3. The van der Waals surface area contributed by atoms with Gasteiger partial charge in [0.15, 0.2) is 17.5 Å². The molecule has 0 aliphatic heterocycles. The molecule has 0 aromatic heterocycles. The van der Waals surface area contributed by atoms with Crippen molar-refractivity contribution < 1.29 is 13.2 Å². The van der Waals surface area contributed by atoms with Crippen LogP contribution in [0.2, 0.25) is 0 Å². The Labute approximate surface area is 160 Å². The molecule has 0 amide bonds. The summed E-state index contributed by atoms with van der Waals surface area (Å²) < 4.78 is 48.1. The van der Waals surface area contributed by atoms with E-state index in [1.165, 1.54) is 12.1 Å². The fourth-order valence-electron chi connectivity index (χ4n) is 2.85. The third kappa shape index (κ3) is 3.20. The van der Waals surface area contributed by atoms with E-state index in [2.05, 4.69) is 4.74 Å². The van der Waals surface area contributed by atoms with Crippen LogP contribution in [-0.4, -0.2) is 6.66 Å². The minimum Gasteiger partial charge on any atom is -0.252 e. The van der Waals surface area contributed by atoms with Gasteiger partial charge in [0.2, 0.25) is 0 Å². The Balaban J connectivity index is 2.44. The van der Waals surface area contributed by atoms with Crippen LogP contribution in [-0.2, 0) is 0 Å². The van der Waals surface area contributed by atoms with Gasteiger partial charge in [0, 0.05) is 7.05 Å². The van der Waals surface area contributed by atoms with Gasteiger partial charge in [-0.05, 0) is 17.3 Å². The van der Waals surface area contributed by atoms with Gasteiger partial charge in [-0.1, -0.05) is 60.7 Å². The lowest BCUT2D eigenvalue weighted by atomic mass is 10.1. The van der Waals surface area contributed by atoms with E-state index in [1.54, 1.807) is 67.3 Å². The quantitative estimate of drug-likeness (QED) is 0.465. The number of nitrogens with zero attached hydrogens (tertiary/aromatic N) is 3. The minimum absolute atomic E-state index is 0.725. The predicted octanol–water partition coefficient (Wildman–Crippen LogP) is 4.96. The summed E-state index contributed by atoms with van der Waals surface area (Å²) >= 11 is 0. The molecular formula is C21H13F3N3P. The van der Waals surface area contributed by atoms with Crippen LogP contribution in [0.4, 0.5) is 18.9 Å². The minimum atomic E-state index is -2.74. The fourth-order valence-corrected chi connectivity index (χ4v) is 5.46. The Morgan fingerprint density at radius 1 is 0.714 bits per heavy atom. The van der Waals surface area contributed by atoms with Crippen LogP contribution in [0.3, 0.4) is 0 Å². The van der Waals surface area contributed by atoms with Gasteiger partial charge < -0.3 is 0 Å². The lowest BCUT2D eigenvalue weighted by Gasteiger charge is -2.22. The van der Waals surface area contributed by atoms with E-state index in [4.69, 9.17) is 10.5 Å². The average Bonchev–Trinajstić information content (AvgIpc) is 2.74. The molecule has 3 aromatic rings. The zero-order valence-electron chi connectivity index (χ0n) is 14.7. The van der Waals surface area contributed by atoms with Crippen LogP contribution in [0.25, 0.3) is 0 Å². The van der Waals surface area contributed by atoms with Gasteiger partial charge in [0.25, 0.3) is 0 Å². The Morgan fingerprint density at radius 3 is 1.57 bits per heavy atom. The number of hydrogen-bond donors (Lipinski definition) is 0. The molecule has 0 aliphatic rings. The first kappa shape index (κ1) is 19.4. The van der Waals surface area contributed by atoms with Gasteiger partial charge in [-0.2, -0.15) is 10.5 Å². The maximum absolute atomic E-state index is 14.9. The van der Waals surface area contributed by atoms with Crippen LogP contribution in [0.15, 0.2) is 65.4 Å². The highest BCUT2D eigenvalue weighted by Gasteiger charge is 2.28. The molecule has 28 heavy (non-hydrogen) atoms. The second-order valence-corrected chi connectivity index (χ2v) is 9.15. The number of nitriles is 2. The average molecular weight is 395 g/mol. The van der Waals surface area contributed by atoms with Crippen molar-refractivity contribution in [2.24, 2.45) is 4.74 Å². The molecule has 0 heterocycles. The number of halogens is 3. The molecule has 3 nitrogen and oxygen atoms in total. The standard InChI is InChI=1S/C21H13F3N3P/c1-28(14-8-4-2-5-9-14,15-10-6-3-7-11-15)27-21-19(23)17(13-26)16(12-25)18(22)20(21)24/h2-11H,1H3. The van der Waals surface area contributed by atoms with E-state index in [0.717, 1.165) is 10.6 Å². The Hall–Kier alpha value is -3.34. The van der Waals surface area contributed by atoms with E-state index >= 15 is 0 Å². The summed E-state index contributed by atoms with van der Waals surface area (Å²) in [5.41, 5.74) is -2.69. The first-order chi connectivity index (χ1) is 13.4. The van der Waals surface area contributed by atoms with Crippen LogP contribution >= 0.6 is 7.05 Å². The first-order valence-corrected chi connectivity index (χ1v) is 10.3. The second-order valence-electron chi connectivity index (χ2n) is 5.99. The maximum atomic E-state index is 14.9. The summed E-state index contributed by atoms with van der Waals surface area (Å²) in [6, 6.07) is 20.6. The summed E-state index contributed by atoms with van der Waals surface area (Å²) in [5, 5.41) is 19.6. The van der Waals surface area contributed by atoms with Crippen LogP contribution in [0.5, 0.6) is 0 Å². The SMILES string of the molecule is CP(=Nc1c(F)c(F)c(C#N)c(C#N)c1F)(c1ccccc1)c1ccccc1. The first-order valence-electron chi connectivity index (χ1n) is 8.15. The van der Waals surface area contributed by atoms with Gasteiger partial charge in [-0.3, -0.25) is 4.74 Å². The molecular weight excluding hydrogens is 382 g/mol. The zero-order valence-corrected chi connectivity index (χ0v) is 15.6. The molecule has 0 unspecified atom stereocenters. The van der Waals surface area contributed by atoms with Crippen molar-refractivity contribution in [1.29, 1.82) is 10.5 Å². The Bertz CT molecular complexity index is 1130. The highest BCUT2D eigenvalue weighted by molar-refractivity contribution is 7.80. The normalized spacial score (nSPS) is 10.8. The molecule has 3 rings (SSSR count). The summed E-state index contributed by atoms with van der Waals surface area (Å²) in [6.07, 6.45) is 0. The molecule has 0 saturated carbocycles. The van der Waals surface area contributed by atoms with Crippen molar-refractivity contribution in [3.8, 4) is 12.1 Å². The highest BCUT2D eigenvalue weighted by atomic mass is 31.2. The lowest BCUT2D eigenvalue weighted by molar-refractivity contribution is 0.494. The van der Waals surface area contributed by atoms with Crippen molar-refractivity contribution in [2.45, 2.75) is 0 Å². The van der Waals surface area contributed by atoms with E-state index < -0.39 is 41.3 Å². The van der Waals surface area contributed by atoms with E-state index in [1.807, 2.05) is 0 Å². The largest absolute Gasteiger partial charge is 0.252 e. The molecule has 3 aromatic carbocycles. The lowest BCUT2D eigenvalue weighted by Crippen LogP contribution is -2.15. The van der Waals surface area contributed by atoms with Gasteiger partial charge >= 0.3 is 0 Å². The van der Waals surface area contributed by atoms with Gasteiger partial charge in [-0.15, -0.1) is 0 Å². The third-order valence-electron chi connectivity index (χ3n) is 4.34. The zero-order chi connectivity index (χ0) is 20.3. The molecule has 0 N–H and O–H groups in total. The van der Waals surface area contributed by atoms with Crippen molar-refractivity contribution in [3.63, 3.8) is 0 Å². The molecule has 0 radical (unpaired) electrons. The molecule has 0 aliphatic carbocycles. The molecule has 0 spiro atoms. The van der Waals surface area contributed by atoms with Crippen LogP contribution in [0.1, 0.15) is 11.1 Å². The second kappa shape index (κ2) is 7.72. The summed E-state index contributed by atoms with van der Waals surface area (Å²) in [4.78, 5) is 0. The summed E-state index contributed by atoms with van der Waals surface area (Å²) in [5.74, 6) is -4.49. The van der Waals surface area contributed by atoms with Crippen molar-refractivity contribution in [2.75, 3.05) is 6.66 Å². The molecule has 0 fully saturated rings.